The molecule has 1 saturated heterocycles. The molecule has 1 amide bonds. The fourth-order valence-corrected chi connectivity index (χ4v) is 3.52. The average molecular weight is 330 g/mol. The third kappa shape index (κ3) is 3.89. The van der Waals surface area contributed by atoms with Crippen molar-refractivity contribution in [3.05, 3.63) is 46.0 Å². The van der Waals surface area contributed by atoms with Gasteiger partial charge in [0, 0.05) is 37.3 Å². The Morgan fingerprint density at radius 1 is 1.22 bits per heavy atom. The van der Waals surface area contributed by atoms with Crippen molar-refractivity contribution in [3.8, 4) is 0 Å². The van der Waals surface area contributed by atoms with E-state index in [0.29, 0.717) is 18.2 Å². The van der Waals surface area contributed by atoms with Gasteiger partial charge in [0.1, 0.15) is 0 Å². The first-order chi connectivity index (χ1) is 11.0. The van der Waals surface area contributed by atoms with Crippen molar-refractivity contribution in [3.63, 3.8) is 0 Å². The number of nitrogens with two attached hydrogens (primary N) is 1. The highest BCUT2D eigenvalue weighted by Crippen LogP contribution is 2.19. The number of aromatic nitrogens is 1. The number of thiazole rings is 1. The van der Waals surface area contributed by atoms with Crippen LogP contribution in [-0.2, 0) is 17.9 Å². The molecule has 3 rings (SSSR count). The minimum absolute atomic E-state index is 0.187. The van der Waals surface area contributed by atoms with Crippen LogP contribution in [0.25, 0.3) is 0 Å². The fraction of sp³-hybridized carbons (Fsp3) is 0.412. The smallest absolute Gasteiger partial charge is 0.237 e. The lowest BCUT2D eigenvalue weighted by Gasteiger charge is -2.34. The van der Waals surface area contributed by atoms with E-state index in [4.69, 9.17) is 5.73 Å². The lowest BCUT2D eigenvalue weighted by atomic mass is 10.1. The molecule has 1 aliphatic heterocycles. The van der Waals surface area contributed by atoms with E-state index in [9.17, 15) is 4.79 Å². The highest BCUT2D eigenvalue weighted by molar-refractivity contribution is 7.15. The summed E-state index contributed by atoms with van der Waals surface area (Å²) in [6.07, 6.45) is 1.80. The molecular weight excluding hydrogens is 308 g/mol. The molecule has 1 aromatic carbocycles. The van der Waals surface area contributed by atoms with Crippen molar-refractivity contribution in [2.24, 2.45) is 0 Å². The molecule has 0 aliphatic carbocycles. The Hall–Kier alpha value is -1.92. The second-order valence-electron chi connectivity index (χ2n) is 6.11. The summed E-state index contributed by atoms with van der Waals surface area (Å²) >= 11 is 1.49. The maximum atomic E-state index is 12.4. The van der Waals surface area contributed by atoms with Gasteiger partial charge in [-0.2, -0.15) is 0 Å². The van der Waals surface area contributed by atoms with Gasteiger partial charge in [-0.15, -0.1) is 11.3 Å². The first-order valence-electron chi connectivity index (χ1n) is 7.77. The van der Waals surface area contributed by atoms with Gasteiger partial charge in [0.25, 0.3) is 0 Å². The van der Waals surface area contributed by atoms with Crippen molar-refractivity contribution in [1.29, 1.82) is 0 Å². The molecule has 2 N–H and O–H groups in total. The molecule has 0 radical (unpaired) electrons. The zero-order valence-corrected chi connectivity index (χ0v) is 14.4. The highest BCUT2D eigenvalue weighted by atomic mass is 32.1. The molecule has 2 heterocycles. The zero-order chi connectivity index (χ0) is 16.4. The van der Waals surface area contributed by atoms with Gasteiger partial charge in [-0.3, -0.25) is 9.69 Å². The van der Waals surface area contributed by atoms with Gasteiger partial charge in [-0.1, -0.05) is 18.2 Å². The minimum Gasteiger partial charge on any atom is -0.375 e. The van der Waals surface area contributed by atoms with E-state index >= 15 is 0 Å². The molecule has 0 spiro atoms. The van der Waals surface area contributed by atoms with E-state index in [-0.39, 0.29) is 5.91 Å². The average Bonchev–Trinajstić information content (AvgIpc) is 2.91. The summed E-state index contributed by atoms with van der Waals surface area (Å²) in [6, 6.07) is 6.41. The Balaban J connectivity index is 1.58. The first-order valence-corrected chi connectivity index (χ1v) is 8.59. The Kier molecular flexibility index (Phi) is 4.63. The third-order valence-electron chi connectivity index (χ3n) is 4.29. The second-order valence-corrected chi connectivity index (χ2v) is 7.26. The number of carbonyl (C=O) groups excluding carboxylic acids is 1. The topological polar surface area (TPSA) is 62.5 Å². The number of piperazine rings is 1. The Morgan fingerprint density at radius 2 is 2.04 bits per heavy atom. The quantitative estimate of drug-likeness (QED) is 0.933. The molecule has 2 aromatic rings. The van der Waals surface area contributed by atoms with Crippen molar-refractivity contribution in [2.75, 3.05) is 25.4 Å². The molecule has 122 valence electrons. The number of benzene rings is 1. The number of amides is 1. The molecular formula is C17H22N4OS. The molecule has 23 heavy (non-hydrogen) atoms. The zero-order valence-electron chi connectivity index (χ0n) is 13.6. The number of rotatable bonds is 4. The molecule has 0 atom stereocenters. The van der Waals surface area contributed by atoms with Crippen LogP contribution in [0.2, 0.25) is 0 Å². The summed E-state index contributed by atoms with van der Waals surface area (Å²) in [6.45, 7) is 7.77. The largest absolute Gasteiger partial charge is 0.375 e. The van der Waals surface area contributed by atoms with E-state index in [1.807, 2.05) is 4.90 Å². The van der Waals surface area contributed by atoms with Crippen molar-refractivity contribution < 1.29 is 4.79 Å². The highest BCUT2D eigenvalue weighted by Gasteiger charge is 2.24. The van der Waals surface area contributed by atoms with Crippen LogP contribution in [0.1, 0.15) is 21.6 Å². The van der Waals surface area contributed by atoms with Gasteiger partial charge in [-0.05, 0) is 30.5 Å². The number of nitrogens with zero attached hydrogens (tertiary/aromatic N) is 3. The molecule has 5 nitrogen and oxygen atoms in total. The first kappa shape index (κ1) is 16.0. The van der Waals surface area contributed by atoms with Gasteiger partial charge < -0.3 is 10.6 Å². The summed E-state index contributed by atoms with van der Waals surface area (Å²) < 4.78 is 0. The maximum absolute atomic E-state index is 12.4. The van der Waals surface area contributed by atoms with Crippen molar-refractivity contribution in [1.82, 2.24) is 14.8 Å². The maximum Gasteiger partial charge on any atom is 0.237 e. The summed E-state index contributed by atoms with van der Waals surface area (Å²) in [5.74, 6) is 0.187. The van der Waals surface area contributed by atoms with Crippen LogP contribution >= 0.6 is 11.3 Å². The van der Waals surface area contributed by atoms with Crippen LogP contribution in [0.5, 0.6) is 0 Å². The van der Waals surface area contributed by atoms with Crippen LogP contribution in [0.4, 0.5) is 5.13 Å². The monoisotopic (exact) mass is 330 g/mol. The lowest BCUT2D eigenvalue weighted by Crippen LogP contribution is -2.49. The summed E-state index contributed by atoms with van der Waals surface area (Å²) in [4.78, 5) is 21.7. The van der Waals surface area contributed by atoms with E-state index in [0.717, 1.165) is 24.5 Å². The van der Waals surface area contributed by atoms with Crippen molar-refractivity contribution >= 4 is 22.4 Å². The Labute approximate surface area is 140 Å². The van der Waals surface area contributed by atoms with Gasteiger partial charge in [0.15, 0.2) is 5.13 Å². The molecule has 0 bridgehead atoms. The lowest BCUT2D eigenvalue weighted by molar-refractivity contribution is -0.136. The second kappa shape index (κ2) is 6.68. The van der Waals surface area contributed by atoms with Crippen LogP contribution in [-0.4, -0.2) is 40.3 Å². The van der Waals surface area contributed by atoms with Crippen molar-refractivity contribution in [2.45, 2.75) is 26.9 Å². The number of anilines is 1. The molecule has 1 aromatic heterocycles. The number of aryl methyl sites for hydroxylation is 2. The number of hydrogen-bond acceptors (Lipinski definition) is 5. The Morgan fingerprint density at radius 3 is 2.70 bits per heavy atom. The molecule has 1 aliphatic rings. The van der Waals surface area contributed by atoms with Gasteiger partial charge in [-0.25, -0.2) is 4.98 Å². The van der Waals surface area contributed by atoms with Gasteiger partial charge in [0.05, 0.1) is 6.54 Å². The van der Waals surface area contributed by atoms with Crippen LogP contribution < -0.4 is 5.73 Å². The van der Waals surface area contributed by atoms with E-state index in [2.05, 4.69) is 41.9 Å². The molecule has 6 heteroatoms. The molecule has 0 unspecified atom stereocenters. The third-order valence-corrected chi connectivity index (χ3v) is 5.10. The number of carbonyl (C=O) groups is 1. The van der Waals surface area contributed by atoms with E-state index < -0.39 is 0 Å². The van der Waals surface area contributed by atoms with E-state index in [1.165, 1.54) is 28.0 Å². The number of hydrogen-bond donors (Lipinski definition) is 1. The van der Waals surface area contributed by atoms with Crippen LogP contribution in [0.15, 0.2) is 24.4 Å². The summed E-state index contributed by atoms with van der Waals surface area (Å²) in [7, 11) is 0. The normalized spacial score (nSPS) is 16.1. The Bertz CT molecular complexity index is 712. The van der Waals surface area contributed by atoms with Gasteiger partial charge >= 0.3 is 0 Å². The predicted molar refractivity (Wildman–Crippen MR) is 93.1 cm³/mol. The molecule has 1 fully saturated rings. The predicted octanol–water partition coefficient (Wildman–Crippen LogP) is 2.19. The molecule has 0 saturated carbocycles. The van der Waals surface area contributed by atoms with Gasteiger partial charge in [0.2, 0.25) is 5.91 Å². The number of nitrogen functional groups attached to an aromatic ring is 1. The summed E-state index contributed by atoms with van der Waals surface area (Å²) in [5.41, 5.74) is 9.41. The fourth-order valence-electron chi connectivity index (χ4n) is 2.80. The van der Waals surface area contributed by atoms with E-state index in [1.54, 1.807) is 6.20 Å². The SMILES string of the molecule is Cc1ccc(CN2CCN(Cc3cnc(N)s3)CC2=O)cc1C. The van der Waals surface area contributed by atoms with Crippen LogP contribution in [0.3, 0.4) is 0 Å². The minimum atomic E-state index is 0.187. The summed E-state index contributed by atoms with van der Waals surface area (Å²) in [5, 5.41) is 0.583. The standard InChI is InChI=1S/C17H22N4OS/c1-12-3-4-14(7-13(12)2)9-21-6-5-20(11-16(21)22)10-15-8-19-17(18)23-15/h3-4,7-8H,5-6,9-11H2,1-2H3,(H2,18,19). The van der Waals surface area contributed by atoms with Crippen LogP contribution in [0, 0.1) is 13.8 Å².